The van der Waals surface area contributed by atoms with Crippen molar-refractivity contribution in [3.05, 3.63) is 40.9 Å². The van der Waals surface area contributed by atoms with Gasteiger partial charge in [0.1, 0.15) is 5.75 Å². The summed E-state index contributed by atoms with van der Waals surface area (Å²) in [6.07, 6.45) is 0.687. The van der Waals surface area contributed by atoms with Gasteiger partial charge in [0.15, 0.2) is 5.13 Å². The van der Waals surface area contributed by atoms with Crippen LogP contribution in [0.4, 0.5) is 18.3 Å². The number of alkyl halides is 3. The number of amides is 2. The molecular formula is C21H22F3N3O3S. The van der Waals surface area contributed by atoms with Crippen molar-refractivity contribution in [2.75, 3.05) is 18.4 Å². The summed E-state index contributed by atoms with van der Waals surface area (Å²) < 4.78 is 40.6. The van der Waals surface area contributed by atoms with E-state index in [9.17, 15) is 22.8 Å². The number of benzene rings is 1. The summed E-state index contributed by atoms with van der Waals surface area (Å²) in [7, 11) is 0. The van der Waals surface area contributed by atoms with E-state index < -0.39 is 6.36 Å². The van der Waals surface area contributed by atoms with Crippen molar-refractivity contribution in [1.29, 1.82) is 0 Å². The van der Waals surface area contributed by atoms with Crippen molar-refractivity contribution in [1.82, 2.24) is 9.88 Å². The summed E-state index contributed by atoms with van der Waals surface area (Å²) in [5, 5.41) is 3.35. The van der Waals surface area contributed by atoms with Crippen LogP contribution in [0, 0.1) is 11.8 Å². The van der Waals surface area contributed by atoms with Crippen LogP contribution in [-0.4, -0.2) is 41.2 Å². The third-order valence-electron chi connectivity index (χ3n) is 5.42. The van der Waals surface area contributed by atoms with Crippen LogP contribution in [0.25, 0.3) is 0 Å². The number of thiazole rings is 1. The Kier molecular flexibility index (Phi) is 6.17. The Bertz CT molecular complexity index is 933. The number of likely N-dealkylation sites (tertiary alicyclic amines) is 1. The van der Waals surface area contributed by atoms with E-state index in [-0.39, 0.29) is 29.4 Å². The zero-order valence-electron chi connectivity index (χ0n) is 16.7. The molecular weight excluding hydrogens is 431 g/mol. The van der Waals surface area contributed by atoms with Gasteiger partial charge in [-0.05, 0) is 43.4 Å². The minimum absolute atomic E-state index is 0.0897. The van der Waals surface area contributed by atoms with E-state index in [0.717, 1.165) is 23.3 Å². The number of nitrogens with one attached hydrogen (secondary N) is 1. The standard InChI is InChI=1S/C21H22F3N3O3S/c22-21(23,24)30-16-5-1-13(2-6-16)11-17-12-25-20(31-17)26-18(28)14-7-9-27(10-8-14)19(29)15-3-4-15/h1-2,5-6,12,14-15H,3-4,7-11H2,(H,25,26,28). The van der Waals surface area contributed by atoms with Gasteiger partial charge in [0, 0.05) is 42.4 Å². The van der Waals surface area contributed by atoms with E-state index in [0.29, 0.717) is 37.5 Å². The molecule has 0 atom stereocenters. The molecule has 166 valence electrons. The van der Waals surface area contributed by atoms with Gasteiger partial charge >= 0.3 is 6.36 Å². The molecule has 1 aliphatic heterocycles. The zero-order chi connectivity index (χ0) is 22.0. The van der Waals surface area contributed by atoms with Crippen LogP contribution in [0.3, 0.4) is 0 Å². The first-order valence-electron chi connectivity index (χ1n) is 10.2. The molecule has 0 bridgehead atoms. The Morgan fingerprint density at radius 2 is 1.77 bits per heavy atom. The molecule has 1 N–H and O–H groups in total. The van der Waals surface area contributed by atoms with Crippen molar-refractivity contribution in [3.63, 3.8) is 0 Å². The van der Waals surface area contributed by atoms with Gasteiger partial charge in [-0.2, -0.15) is 0 Å². The molecule has 31 heavy (non-hydrogen) atoms. The fourth-order valence-electron chi connectivity index (χ4n) is 3.62. The van der Waals surface area contributed by atoms with Gasteiger partial charge in [0.25, 0.3) is 0 Å². The van der Waals surface area contributed by atoms with Crippen molar-refractivity contribution < 1.29 is 27.5 Å². The quantitative estimate of drug-likeness (QED) is 0.711. The highest BCUT2D eigenvalue weighted by molar-refractivity contribution is 7.15. The van der Waals surface area contributed by atoms with Gasteiger partial charge in [-0.1, -0.05) is 12.1 Å². The van der Waals surface area contributed by atoms with E-state index in [1.165, 1.54) is 23.5 Å². The predicted molar refractivity (Wildman–Crippen MR) is 109 cm³/mol. The average Bonchev–Trinajstić information content (AvgIpc) is 3.49. The fraction of sp³-hybridized carbons (Fsp3) is 0.476. The molecule has 1 aromatic heterocycles. The Labute approximate surface area is 181 Å². The SMILES string of the molecule is O=C(Nc1ncc(Cc2ccc(OC(F)(F)F)cc2)s1)C1CCN(C(=O)C2CC2)CC1. The highest BCUT2D eigenvalue weighted by Gasteiger charge is 2.36. The number of ether oxygens (including phenoxy) is 1. The minimum atomic E-state index is -4.71. The monoisotopic (exact) mass is 453 g/mol. The molecule has 0 spiro atoms. The summed E-state index contributed by atoms with van der Waals surface area (Å²) in [5.41, 5.74) is 0.809. The molecule has 10 heteroatoms. The number of hydrogen-bond acceptors (Lipinski definition) is 5. The number of piperidine rings is 1. The molecule has 2 amide bonds. The second-order valence-corrected chi connectivity index (χ2v) is 8.98. The maximum Gasteiger partial charge on any atom is 0.573 e. The fourth-order valence-corrected chi connectivity index (χ4v) is 4.46. The van der Waals surface area contributed by atoms with E-state index >= 15 is 0 Å². The van der Waals surface area contributed by atoms with Crippen LogP contribution in [0.5, 0.6) is 5.75 Å². The Balaban J connectivity index is 1.26. The first-order chi connectivity index (χ1) is 14.8. The van der Waals surface area contributed by atoms with E-state index in [1.807, 2.05) is 4.90 Å². The molecule has 1 aliphatic carbocycles. The molecule has 4 rings (SSSR count). The minimum Gasteiger partial charge on any atom is -0.406 e. The Morgan fingerprint density at radius 1 is 1.10 bits per heavy atom. The number of hydrogen-bond donors (Lipinski definition) is 1. The van der Waals surface area contributed by atoms with Gasteiger partial charge < -0.3 is 15.0 Å². The summed E-state index contributed by atoms with van der Waals surface area (Å²) in [4.78, 5) is 31.7. The van der Waals surface area contributed by atoms with E-state index in [4.69, 9.17) is 0 Å². The lowest BCUT2D eigenvalue weighted by Gasteiger charge is -2.31. The number of rotatable bonds is 6. The van der Waals surface area contributed by atoms with Gasteiger partial charge in [-0.25, -0.2) is 4.98 Å². The lowest BCUT2D eigenvalue weighted by Crippen LogP contribution is -2.42. The molecule has 2 aromatic rings. The summed E-state index contributed by atoms with van der Waals surface area (Å²) in [6.45, 7) is 1.23. The second-order valence-electron chi connectivity index (χ2n) is 7.86. The average molecular weight is 453 g/mol. The first-order valence-corrected chi connectivity index (χ1v) is 11.0. The molecule has 6 nitrogen and oxygen atoms in total. The highest BCUT2D eigenvalue weighted by Crippen LogP contribution is 2.33. The molecule has 2 fully saturated rings. The smallest absolute Gasteiger partial charge is 0.406 e. The molecule has 2 heterocycles. The maximum atomic E-state index is 12.6. The van der Waals surface area contributed by atoms with Crippen LogP contribution >= 0.6 is 11.3 Å². The highest BCUT2D eigenvalue weighted by atomic mass is 32.1. The number of carbonyl (C=O) groups is 2. The second kappa shape index (κ2) is 8.86. The largest absolute Gasteiger partial charge is 0.573 e. The van der Waals surface area contributed by atoms with Crippen LogP contribution in [0.2, 0.25) is 0 Å². The van der Waals surface area contributed by atoms with Crippen molar-refractivity contribution in [2.24, 2.45) is 11.8 Å². The summed E-state index contributed by atoms with van der Waals surface area (Å²) in [6, 6.07) is 5.67. The molecule has 1 saturated carbocycles. The number of anilines is 1. The van der Waals surface area contributed by atoms with Crippen LogP contribution in [-0.2, 0) is 16.0 Å². The topological polar surface area (TPSA) is 71.5 Å². The molecule has 2 aliphatic rings. The molecule has 0 unspecified atom stereocenters. The third-order valence-corrected chi connectivity index (χ3v) is 6.34. The molecule has 1 aromatic carbocycles. The van der Waals surface area contributed by atoms with Gasteiger partial charge in [0.2, 0.25) is 11.8 Å². The zero-order valence-corrected chi connectivity index (χ0v) is 17.5. The number of carbonyl (C=O) groups excluding carboxylic acids is 2. The maximum absolute atomic E-state index is 12.6. The van der Waals surface area contributed by atoms with E-state index in [1.54, 1.807) is 18.3 Å². The van der Waals surface area contributed by atoms with Crippen LogP contribution in [0.1, 0.15) is 36.1 Å². The summed E-state index contributed by atoms with van der Waals surface area (Å²) >= 11 is 1.33. The van der Waals surface area contributed by atoms with Crippen LogP contribution < -0.4 is 10.1 Å². The normalized spacial score (nSPS) is 17.5. The van der Waals surface area contributed by atoms with E-state index in [2.05, 4.69) is 15.0 Å². The molecule has 1 saturated heterocycles. The molecule has 0 radical (unpaired) electrons. The van der Waals surface area contributed by atoms with Crippen molar-refractivity contribution in [2.45, 2.75) is 38.5 Å². The van der Waals surface area contributed by atoms with Gasteiger partial charge in [-0.3, -0.25) is 9.59 Å². The van der Waals surface area contributed by atoms with Crippen LogP contribution in [0.15, 0.2) is 30.5 Å². The summed E-state index contributed by atoms with van der Waals surface area (Å²) in [5.74, 6) is -0.0721. The Hall–Kier alpha value is -2.62. The Morgan fingerprint density at radius 3 is 2.39 bits per heavy atom. The van der Waals surface area contributed by atoms with Crippen molar-refractivity contribution in [3.8, 4) is 5.75 Å². The number of halogens is 3. The van der Waals surface area contributed by atoms with Gasteiger partial charge in [-0.15, -0.1) is 24.5 Å². The lowest BCUT2D eigenvalue weighted by atomic mass is 9.95. The van der Waals surface area contributed by atoms with Gasteiger partial charge in [0.05, 0.1) is 0 Å². The third kappa shape index (κ3) is 5.96. The van der Waals surface area contributed by atoms with Crippen molar-refractivity contribution >= 4 is 28.3 Å². The predicted octanol–water partition coefficient (Wildman–Crippen LogP) is 4.22. The first kappa shape index (κ1) is 21.6. The number of nitrogens with zero attached hydrogens (tertiary/aromatic N) is 2. The lowest BCUT2D eigenvalue weighted by molar-refractivity contribution is -0.274. The number of aromatic nitrogens is 1.